The molecule has 1 N–H and O–H groups in total. The van der Waals surface area contributed by atoms with E-state index in [-0.39, 0.29) is 0 Å². The van der Waals surface area contributed by atoms with Crippen molar-refractivity contribution in [3.05, 3.63) is 0 Å². The van der Waals surface area contributed by atoms with Crippen LogP contribution in [0.5, 0.6) is 0 Å². The molecule has 0 radical (unpaired) electrons. The van der Waals surface area contributed by atoms with E-state index < -0.39 is 0 Å². The average Bonchev–Trinajstić information content (AvgIpc) is 2.85. The first-order chi connectivity index (χ1) is 7.38. The molecule has 0 aromatic heterocycles. The van der Waals surface area contributed by atoms with Crippen LogP contribution in [0.1, 0.15) is 25.7 Å². The predicted molar refractivity (Wildman–Crippen MR) is 62.1 cm³/mol. The van der Waals surface area contributed by atoms with Gasteiger partial charge in [0, 0.05) is 19.7 Å². The molecule has 2 rings (SSSR count). The molecule has 0 spiro atoms. The molecule has 88 valence electrons. The van der Waals surface area contributed by atoms with Crippen LogP contribution < -0.4 is 5.32 Å². The van der Waals surface area contributed by atoms with Crippen molar-refractivity contribution in [2.45, 2.75) is 31.8 Å². The average molecular weight is 212 g/mol. The van der Waals surface area contributed by atoms with Crippen LogP contribution in [0, 0.1) is 5.92 Å². The molecule has 0 aromatic rings. The third-order valence-corrected chi connectivity index (χ3v) is 3.65. The second kappa shape index (κ2) is 5.83. The number of ether oxygens (including phenoxy) is 1. The molecule has 2 aliphatic rings. The first-order valence-corrected chi connectivity index (χ1v) is 6.37. The van der Waals surface area contributed by atoms with Crippen molar-refractivity contribution in [1.82, 2.24) is 10.2 Å². The highest BCUT2D eigenvalue weighted by Crippen LogP contribution is 2.19. The van der Waals surface area contributed by atoms with E-state index in [1.54, 1.807) is 0 Å². The van der Waals surface area contributed by atoms with Gasteiger partial charge in [-0.25, -0.2) is 0 Å². The van der Waals surface area contributed by atoms with Crippen LogP contribution in [0.3, 0.4) is 0 Å². The third-order valence-electron chi connectivity index (χ3n) is 3.65. The van der Waals surface area contributed by atoms with Gasteiger partial charge in [0.1, 0.15) is 0 Å². The molecule has 2 heterocycles. The fraction of sp³-hybridized carbons (Fsp3) is 1.00. The van der Waals surface area contributed by atoms with Crippen LogP contribution in [0.4, 0.5) is 0 Å². The zero-order valence-corrected chi connectivity index (χ0v) is 9.87. The number of nitrogens with one attached hydrogen (secondary N) is 1. The maximum Gasteiger partial charge on any atom is 0.0588 e. The van der Waals surface area contributed by atoms with Gasteiger partial charge in [0.25, 0.3) is 0 Å². The first-order valence-electron chi connectivity index (χ1n) is 6.37. The summed E-state index contributed by atoms with van der Waals surface area (Å²) >= 11 is 0. The van der Waals surface area contributed by atoms with Gasteiger partial charge in [-0.1, -0.05) is 0 Å². The van der Waals surface area contributed by atoms with Crippen molar-refractivity contribution in [1.29, 1.82) is 0 Å². The smallest absolute Gasteiger partial charge is 0.0588 e. The summed E-state index contributed by atoms with van der Waals surface area (Å²) in [5, 5.41) is 3.28. The molecule has 2 atom stereocenters. The lowest BCUT2D eigenvalue weighted by Gasteiger charge is -2.18. The molecular weight excluding hydrogens is 188 g/mol. The minimum Gasteiger partial charge on any atom is -0.378 e. The Labute approximate surface area is 93.2 Å². The monoisotopic (exact) mass is 212 g/mol. The van der Waals surface area contributed by atoms with E-state index in [9.17, 15) is 0 Å². The highest BCUT2D eigenvalue weighted by Gasteiger charge is 2.23. The molecule has 0 bridgehead atoms. The van der Waals surface area contributed by atoms with Gasteiger partial charge in [0.15, 0.2) is 0 Å². The summed E-state index contributed by atoms with van der Waals surface area (Å²) < 4.78 is 5.65. The Morgan fingerprint density at radius 2 is 2.33 bits per heavy atom. The molecule has 3 nitrogen and oxygen atoms in total. The SMILES string of the molecule is CNCC1CCN(CCC2CCCO2)C1. The van der Waals surface area contributed by atoms with E-state index in [4.69, 9.17) is 4.74 Å². The predicted octanol–water partition coefficient (Wildman–Crippen LogP) is 1.10. The maximum atomic E-state index is 5.65. The molecule has 3 heteroatoms. The summed E-state index contributed by atoms with van der Waals surface area (Å²) in [5.41, 5.74) is 0. The second-order valence-electron chi connectivity index (χ2n) is 4.94. The number of rotatable bonds is 5. The van der Waals surface area contributed by atoms with Crippen molar-refractivity contribution in [3.63, 3.8) is 0 Å². The molecule has 15 heavy (non-hydrogen) atoms. The van der Waals surface area contributed by atoms with Crippen molar-refractivity contribution >= 4 is 0 Å². The van der Waals surface area contributed by atoms with Gasteiger partial charge in [-0.15, -0.1) is 0 Å². The molecule has 0 saturated carbocycles. The van der Waals surface area contributed by atoms with Gasteiger partial charge >= 0.3 is 0 Å². The summed E-state index contributed by atoms with van der Waals surface area (Å²) in [6, 6.07) is 0. The summed E-state index contributed by atoms with van der Waals surface area (Å²) in [6.45, 7) is 5.99. The largest absolute Gasteiger partial charge is 0.378 e. The topological polar surface area (TPSA) is 24.5 Å². The van der Waals surface area contributed by atoms with Crippen molar-refractivity contribution in [3.8, 4) is 0 Å². The van der Waals surface area contributed by atoms with Gasteiger partial charge < -0.3 is 15.0 Å². The Balaban J connectivity index is 1.59. The van der Waals surface area contributed by atoms with Crippen LogP contribution >= 0.6 is 0 Å². The Morgan fingerprint density at radius 1 is 1.40 bits per heavy atom. The highest BCUT2D eigenvalue weighted by atomic mass is 16.5. The normalized spacial score (nSPS) is 32.6. The summed E-state index contributed by atoms with van der Waals surface area (Å²) in [4.78, 5) is 2.60. The van der Waals surface area contributed by atoms with Crippen LogP contribution in [-0.4, -0.2) is 50.8 Å². The molecular formula is C12H24N2O. The van der Waals surface area contributed by atoms with Crippen LogP contribution in [0.25, 0.3) is 0 Å². The third kappa shape index (κ3) is 3.44. The zero-order valence-electron chi connectivity index (χ0n) is 9.87. The summed E-state index contributed by atoms with van der Waals surface area (Å²) in [7, 11) is 2.05. The Kier molecular flexibility index (Phi) is 4.42. The lowest BCUT2D eigenvalue weighted by atomic mass is 10.1. The molecule has 0 amide bonds. The van der Waals surface area contributed by atoms with Gasteiger partial charge in [0.05, 0.1) is 6.10 Å². The fourth-order valence-electron chi connectivity index (χ4n) is 2.77. The lowest BCUT2D eigenvalue weighted by Crippen LogP contribution is -2.27. The first kappa shape index (κ1) is 11.4. The molecule has 2 aliphatic heterocycles. The van der Waals surface area contributed by atoms with Crippen LogP contribution in [0.2, 0.25) is 0 Å². The Morgan fingerprint density at radius 3 is 3.07 bits per heavy atom. The number of likely N-dealkylation sites (tertiary alicyclic amines) is 1. The van der Waals surface area contributed by atoms with E-state index in [1.165, 1.54) is 51.9 Å². The van der Waals surface area contributed by atoms with Gasteiger partial charge in [-0.05, 0) is 51.7 Å². The second-order valence-corrected chi connectivity index (χ2v) is 4.94. The maximum absolute atomic E-state index is 5.65. The van der Waals surface area contributed by atoms with Crippen molar-refractivity contribution < 1.29 is 4.74 Å². The zero-order chi connectivity index (χ0) is 10.5. The van der Waals surface area contributed by atoms with Crippen LogP contribution in [0.15, 0.2) is 0 Å². The Bertz CT molecular complexity index is 180. The molecule has 0 aromatic carbocycles. The Hall–Kier alpha value is -0.120. The van der Waals surface area contributed by atoms with Crippen molar-refractivity contribution in [2.75, 3.05) is 39.8 Å². The molecule has 2 fully saturated rings. The van der Waals surface area contributed by atoms with Crippen LogP contribution in [-0.2, 0) is 4.74 Å². The fourth-order valence-corrected chi connectivity index (χ4v) is 2.77. The molecule has 2 saturated heterocycles. The molecule has 2 unspecified atom stereocenters. The van der Waals surface area contributed by atoms with E-state index in [2.05, 4.69) is 17.3 Å². The van der Waals surface area contributed by atoms with E-state index >= 15 is 0 Å². The number of hydrogen-bond donors (Lipinski definition) is 1. The lowest BCUT2D eigenvalue weighted by molar-refractivity contribution is 0.0945. The number of hydrogen-bond acceptors (Lipinski definition) is 3. The van der Waals surface area contributed by atoms with E-state index in [0.717, 1.165) is 12.5 Å². The highest BCUT2D eigenvalue weighted by molar-refractivity contribution is 4.78. The van der Waals surface area contributed by atoms with Crippen molar-refractivity contribution in [2.24, 2.45) is 5.92 Å². The standard InChI is InChI=1S/C12H24N2O/c1-13-9-11-4-6-14(10-11)7-5-12-3-2-8-15-12/h11-13H,2-10H2,1H3. The van der Waals surface area contributed by atoms with Gasteiger partial charge in [0.2, 0.25) is 0 Å². The van der Waals surface area contributed by atoms with E-state index in [0.29, 0.717) is 6.10 Å². The number of nitrogens with zero attached hydrogens (tertiary/aromatic N) is 1. The summed E-state index contributed by atoms with van der Waals surface area (Å²) in [6.07, 6.45) is 5.73. The summed E-state index contributed by atoms with van der Waals surface area (Å²) in [5.74, 6) is 0.875. The van der Waals surface area contributed by atoms with Gasteiger partial charge in [-0.3, -0.25) is 0 Å². The van der Waals surface area contributed by atoms with E-state index in [1.807, 2.05) is 0 Å². The minimum absolute atomic E-state index is 0.563. The van der Waals surface area contributed by atoms with Gasteiger partial charge in [-0.2, -0.15) is 0 Å². The quantitative estimate of drug-likeness (QED) is 0.738. The molecule has 0 aliphatic carbocycles. The minimum atomic E-state index is 0.563.